The molecule has 1 amide bonds. The Bertz CT molecular complexity index is 580. The summed E-state index contributed by atoms with van der Waals surface area (Å²) in [5.41, 5.74) is -0.0632. The Labute approximate surface area is 111 Å². The number of anilines is 1. The molecule has 0 aliphatic heterocycles. The lowest BCUT2D eigenvalue weighted by Crippen LogP contribution is -2.35. The second-order valence-corrected chi connectivity index (χ2v) is 5.78. The molecule has 0 fully saturated rings. The van der Waals surface area contributed by atoms with Gasteiger partial charge in [-0.3, -0.25) is 14.9 Å². The van der Waals surface area contributed by atoms with Gasteiger partial charge in [-0.1, -0.05) is 6.92 Å². The number of nitro benzene ring substituents is 1. The number of nitrogens with zero attached hydrogens (tertiary/aromatic N) is 2. The van der Waals surface area contributed by atoms with Crippen LogP contribution in [0.1, 0.15) is 19.8 Å². The summed E-state index contributed by atoms with van der Waals surface area (Å²) in [5.74, 6) is -0.557. The molecule has 0 heterocycles. The zero-order valence-electron chi connectivity index (χ0n) is 10.6. The summed E-state index contributed by atoms with van der Waals surface area (Å²) in [5, 5.41) is 10.5. The van der Waals surface area contributed by atoms with Crippen LogP contribution in [0.4, 0.5) is 11.4 Å². The maximum absolute atomic E-state index is 11.8. The average molecular weight is 286 g/mol. The van der Waals surface area contributed by atoms with E-state index in [9.17, 15) is 23.3 Å². The van der Waals surface area contributed by atoms with E-state index in [1.54, 1.807) is 6.92 Å². The summed E-state index contributed by atoms with van der Waals surface area (Å²) >= 11 is 0. The Balaban J connectivity index is 3.19. The van der Waals surface area contributed by atoms with E-state index in [0.29, 0.717) is 10.7 Å². The first kappa shape index (κ1) is 15.1. The first-order valence-electron chi connectivity index (χ1n) is 5.55. The van der Waals surface area contributed by atoms with Gasteiger partial charge in [-0.05, 0) is 18.6 Å². The van der Waals surface area contributed by atoms with Crippen molar-refractivity contribution in [1.29, 1.82) is 0 Å². The lowest BCUT2D eigenvalue weighted by molar-refractivity contribution is -0.384. The van der Waals surface area contributed by atoms with E-state index in [-0.39, 0.29) is 17.8 Å². The van der Waals surface area contributed by atoms with Gasteiger partial charge in [0.15, 0.2) is 0 Å². The summed E-state index contributed by atoms with van der Waals surface area (Å²) in [6.07, 6.45) is 1.52. The number of carbonyl (C=O) groups excluding carboxylic acids is 1. The van der Waals surface area contributed by atoms with Gasteiger partial charge in [0.2, 0.25) is 15.9 Å². The number of hydrogen-bond donors (Lipinski definition) is 0. The normalized spacial score (nSPS) is 11.1. The quantitative estimate of drug-likeness (QED) is 0.606. The monoisotopic (exact) mass is 286 g/mol. The van der Waals surface area contributed by atoms with Crippen molar-refractivity contribution < 1.29 is 18.1 Å². The molecule has 19 heavy (non-hydrogen) atoms. The molecular formula is C11H14N2O5S. The van der Waals surface area contributed by atoms with Crippen LogP contribution in [0.3, 0.4) is 0 Å². The number of amides is 1. The second-order valence-electron chi connectivity index (χ2n) is 3.94. The lowest BCUT2D eigenvalue weighted by atomic mass is 10.2. The molecule has 1 aromatic rings. The largest absolute Gasteiger partial charge is 0.273 e. The molecular weight excluding hydrogens is 272 g/mol. The standard InChI is InChI=1S/C11H14N2O5S/c1-3-4-11(14)12(19(2,17)18)9-5-7-10(8-6-9)13(15)16/h5-8H,3-4H2,1-2H3. The molecule has 104 valence electrons. The van der Waals surface area contributed by atoms with Gasteiger partial charge in [0, 0.05) is 18.6 Å². The van der Waals surface area contributed by atoms with E-state index in [4.69, 9.17) is 0 Å². The van der Waals surface area contributed by atoms with E-state index in [0.717, 1.165) is 18.4 Å². The number of sulfonamides is 1. The Morgan fingerprint density at radius 2 is 1.84 bits per heavy atom. The second kappa shape index (κ2) is 5.79. The molecule has 1 aromatic carbocycles. The smallest absolute Gasteiger partial charge is 0.269 e. The van der Waals surface area contributed by atoms with Gasteiger partial charge in [0.25, 0.3) is 5.69 Å². The minimum Gasteiger partial charge on any atom is -0.273 e. The topological polar surface area (TPSA) is 97.6 Å². The number of carbonyl (C=O) groups is 1. The van der Waals surface area contributed by atoms with Crippen LogP contribution < -0.4 is 4.31 Å². The number of nitro groups is 1. The summed E-state index contributed by atoms with van der Waals surface area (Å²) in [6, 6.07) is 4.80. The summed E-state index contributed by atoms with van der Waals surface area (Å²) in [7, 11) is -3.76. The zero-order chi connectivity index (χ0) is 14.6. The highest BCUT2D eigenvalue weighted by Gasteiger charge is 2.24. The molecule has 1 rings (SSSR count). The molecule has 0 aromatic heterocycles. The fourth-order valence-electron chi connectivity index (χ4n) is 1.55. The van der Waals surface area contributed by atoms with Gasteiger partial charge < -0.3 is 0 Å². The van der Waals surface area contributed by atoms with Gasteiger partial charge in [-0.2, -0.15) is 0 Å². The summed E-state index contributed by atoms with van der Waals surface area (Å²) in [6.45, 7) is 1.76. The maximum atomic E-state index is 11.8. The van der Waals surface area contributed by atoms with Gasteiger partial charge in [-0.15, -0.1) is 0 Å². The highest BCUT2D eigenvalue weighted by Crippen LogP contribution is 2.22. The Kier molecular flexibility index (Phi) is 4.60. The van der Waals surface area contributed by atoms with E-state index < -0.39 is 20.9 Å². The zero-order valence-corrected chi connectivity index (χ0v) is 11.4. The van der Waals surface area contributed by atoms with Crippen molar-refractivity contribution in [3.05, 3.63) is 34.4 Å². The van der Waals surface area contributed by atoms with E-state index >= 15 is 0 Å². The third kappa shape index (κ3) is 3.75. The summed E-state index contributed by atoms with van der Waals surface area (Å²) < 4.78 is 23.9. The van der Waals surface area contributed by atoms with Crippen LogP contribution in [-0.4, -0.2) is 25.5 Å². The van der Waals surface area contributed by atoms with Crippen LogP contribution in [0.15, 0.2) is 24.3 Å². The van der Waals surface area contributed by atoms with Crippen molar-refractivity contribution in [2.24, 2.45) is 0 Å². The number of hydrogen-bond acceptors (Lipinski definition) is 5. The highest BCUT2D eigenvalue weighted by atomic mass is 32.2. The van der Waals surface area contributed by atoms with Crippen molar-refractivity contribution in [3.63, 3.8) is 0 Å². The predicted molar refractivity (Wildman–Crippen MR) is 70.3 cm³/mol. The minimum atomic E-state index is -3.76. The number of rotatable bonds is 5. The number of non-ortho nitro benzene ring substituents is 1. The molecule has 0 aliphatic rings. The fourth-order valence-corrected chi connectivity index (χ4v) is 2.51. The van der Waals surface area contributed by atoms with Gasteiger partial charge in [0.05, 0.1) is 16.9 Å². The molecule has 0 saturated heterocycles. The Hall–Kier alpha value is -1.96. The molecule has 0 radical (unpaired) electrons. The van der Waals surface area contributed by atoms with Crippen LogP contribution in [0.2, 0.25) is 0 Å². The van der Waals surface area contributed by atoms with Crippen molar-refractivity contribution >= 4 is 27.3 Å². The molecule has 0 aliphatic carbocycles. The van der Waals surface area contributed by atoms with Crippen molar-refractivity contribution in [3.8, 4) is 0 Å². The average Bonchev–Trinajstić information content (AvgIpc) is 2.28. The van der Waals surface area contributed by atoms with Crippen LogP contribution in [-0.2, 0) is 14.8 Å². The van der Waals surface area contributed by atoms with Crippen LogP contribution in [0.25, 0.3) is 0 Å². The lowest BCUT2D eigenvalue weighted by Gasteiger charge is -2.19. The van der Waals surface area contributed by atoms with Crippen molar-refractivity contribution in [2.45, 2.75) is 19.8 Å². The molecule has 0 spiro atoms. The molecule has 0 unspecified atom stereocenters. The van der Waals surface area contributed by atoms with Crippen molar-refractivity contribution in [2.75, 3.05) is 10.6 Å². The first-order valence-corrected chi connectivity index (χ1v) is 7.39. The van der Waals surface area contributed by atoms with E-state index in [2.05, 4.69) is 0 Å². The third-order valence-electron chi connectivity index (χ3n) is 2.32. The Morgan fingerprint density at radius 3 is 2.21 bits per heavy atom. The van der Waals surface area contributed by atoms with Gasteiger partial charge in [-0.25, -0.2) is 12.7 Å². The third-order valence-corrected chi connectivity index (χ3v) is 3.39. The van der Waals surface area contributed by atoms with Crippen LogP contribution in [0.5, 0.6) is 0 Å². The van der Waals surface area contributed by atoms with Gasteiger partial charge >= 0.3 is 0 Å². The maximum Gasteiger partial charge on any atom is 0.269 e. The predicted octanol–water partition coefficient (Wildman–Crippen LogP) is 1.69. The molecule has 7 nitrogen and oxygen atoms in total. The molecule has 0 N–H and O–H groups in total. The van der Waals surface area contributed by atoms with Crippen LogP contribution >= 0.6 is 0 Å². The molecule has 8 heteroatoms. The van der Waals surface area contributed by atoms with E-state index in [1.165, 1.54) is 12.1 Å². The number of benzene rings is 1. The summed E-state index contributed by atoms with van der Waals surface area (Å²) in [4.78, 5) is 21.7. The highest BCUT2D eigenvalue weighted by molar-refractivity contribution is 7.92. The molecule has 0 atom stereocenters. The Morgan fingerprint density at radius 1 is 1.32 bits per heavy atom. The SMILES string of the molecule is CCCC(=O)N(c1ccc([N+](=O)[O-])cc1)S(C)(=O)=O. The fraction of sp³-hybridized carbons (Fsp3) is 0.364. The minimum absolute atomic E-state index is 0.0874. The first-order chi connectivity index (χ1) is 8.77. The van der Waals surface area contributed by atoms with Crippen molar-refractivity contribution in [1.82, 2.24) is 0 Å². The van der Waals surface area contributed by atoms with Crippen LogP contribution in [0, 0.1) is 10.1 Å². The molecule has 0 bridgehead atoms. The van der Waals surface area contributed by atoms with Gasteiger partial charge in [0.1, 0.15) is 0 Å². The molecule has 0 saturated carbocycles. The van der Waals surface area contributed by atoms with E-state index in [1.807, 2.05) is 0 Å².